The van der Waals surface area contributed by atoms with Crippen molar-refractivity contribution in [2.45, 2.75) is 33.2 Å². The smallest absolute Gasteiger partial charge is 0.407 e. The first-order valence-corrected chi connectivity index (χ1v) is 9.18. The van der Waals surface area contributed by atoms with Crippen molar-refractivity contribution in [3.8, 4) is 10.6 Å². The van der Waals surface area contributed by atoms with E-state index >= 15 is 0 Å². The van der Waals surface area contributed by atoms with Crippen LogP contribution >= 0.6 is 11.3 Å². The first-order valence-electron chi connectivity index (χ1n) is 8.30. The van der Waals surface area contributed by atoms with Crippen molar-refractivity contribution in [2.75, 3.05) is 13.2 Å². The largest absolute Gasteiger partial charge is 0.450 e. The molecule has 0 aliphatic heterocycles. The fraction of sp³-hybridized carbons (Fsp3) is 0.471. The van der Waals surface area contributed by atoms with E-state index in [1.807, 2.05) is 17.5 Å². The third-order valence-electron chi connectivity index (χ3n) is 3.46. The van der Waals surface area contributed by atoms with Gasteiger partial charge in [-0.25, -0.2) is 4.79 Å². The summed E-state index contributed by atoms with van der Waals surface area (Å²) in [6.45, 7) is 6.50. The number of thiophene rings is 1. The number of aromatic nitrogens is 2. The second-order valence-corrected chi connectivity index (χ2v) is 6.99. The van der Waals surface area contributed by atoms with Gasteiger partial charge in [-0.3, -0.25) is 9.89 Å². The summed E-state index contributed by atoms with van der Waals surface area (Å²) in [5.41, 5.74) is 1.13. The molecule has 0 radical (unpaired) electrons. The van der Waals surface area contributed by atoms with Crippen molar-refractivity contribution in [3.63, 3.8) is 0 Å². The standard InChI is InChI=1S/C17H24N4O3S/c1-4-24-17(23)19-12(8-11(2)3)10-18-16(22)14-9-13(20-21-14)15-6-5-7-25-15/h5-7,9,11-12H,4,8,10H2,1-3H3,(H,18,22)(H,19,23)(H,20,21). The van der Waals surface area contributed by atoms with Gasteiger partial charge in [-0.1, -0.05) is 19.9 Å². The van der Waals surface area contributed by atoms with Gasteiger partial charge in [0.05, 0.1) is 17.2 Å². The zero-order valence-electron chi connectivity index (χ0n) is 14.7. The molecule has 136 valence electrons. The van der Waals surface area contributed by atoms with Crippen LogP contribution in [0.5, 0.6) is 0 Å². The molecule has 0 fully saturated rings. The average Bonchev–Trinajstić information content (AvgIpc) is 3.22. The van der Waals surface area contributed by atoms with Gasteiger partial charge in [0.25, 0.3) is 5.91 Å². The number of carbonyl (C=O) groups is 2. The minimum absolute atomic E-state index is 0.196. The maximum Gasteiger partial charge on any atom is 0.407 e. The number of nitrogens with one attached hydrogen (secondary N) is 3. The zero-order chi connectivity index (χ0) is 18.2. The molecule has 0 aliphatic rings. The molecule has 1 unspecified atom stereocenters. The van der Waals surface area contributed by atoms with Crippen molar-refractivity contribution in [1.82, 2.24) is 20.8 Å². The van der Waals surface area contributed by atoms with Gasteiger partial charge in [-0.15, -0.1) is 11.3 Å². The van der Waals surface area contributed by atoms with E-state index in [4.69, 9.17) is 4.74 Å². The second-order valence-electron chi connectivity index (χ2n) is 6.05. The molecule has 0 spiro atoms. The summed E-state index contributed by atoms with van der Waals surface area (Å²) in [4.78, 5) is 24.9. The predicted octanol–water partition coefficient (Wildman–Crippen LogP) is 3.03. The Morgan fingerprint density at radius 1 is 1.40 bits per heavy atom. The van der Waals surface area contributed by atoms with Crippen molar-refractivity contribution in [2.24, 2.45) is 5.92 Å². The van der Waals surface area contributed by atoms with Crippen LogP contribution in [0, 0.1) is 5.92 Å². The molecule has 2 heterocycles. The molecule has 0 saturated carbocycles. The summed E-state index contributed by atoms with van der Waals surface area (Å²) in [5, 5.41) is 14.5. The fourth-order valence-corrected chi connectivity index (χ4v) is 3.10. The molecule has 3 N–H and O–H groups in total. The minimum Gasteiger partial charge on any atom is -0.450 e. The van der Waals surface area contributed by atoms with Gasteiger partial charge < -0.3 is 15.4 Å². The molecule has 2 aromatic rings. The van der Waals surface area contributed by atoms with Gasteiger partial charge in [0.1, 0.15) is 0 Å². The molecule has 1 atom stereocenters. The van der Waals surface area contributed by atoms with E-state index in [2.05, 4.69) is 34.7 Å². The predicted molar refractivity (Wildman–Crippen MR) is 97.6 cm³/mol. The molecular weight excluding hydrogens is 340 g/mol. The lowest BCUT2D eigenvalue weighted by Crippen LogP contribution is -2.44. The highest BCUT2D eigenvalue weighted by molar-refractivity contribution is 7.13. The monoisotopic (exact) mass is 364 g/mol. The summed E-state index contributed by atoms with van der Waals surface area (Å²) < 4.78 is 4.91. The molecule has 0 bridgehead atoms. The Labute approximate surface area is 151 Å². The maximum atomic E-state index is 12.3. The number of hydrogen-bond donors (Lipinski definition) is 3. The number of carbonyl (C=O) groups excluding carboxylic acids is 2. The van der Waals surface area contributed by atoms with Gasteiger partial charge in [-0.2, -0.15) is 5.10 Å². The first-order chi connectivity index (χ1) is 12.0. The summed E-state index contributed by atoms with van der Waals surface area (Å²) in [7, 11) is 0. The van der Waals surface area contributed by atoms with Crippen LogP contribution in [0.2, 0.25) is 0 Å². The normalized spacial score (nSPS) is 12.0. The topological polar surface area (TPSA) is 96.1 Å². The quantitative estimate of drug-likeness (QED) is 0.671. The third kappa shape index (κ3) is 5.90. The third-order valence-corrected chi connectivity index (χ3v) is 4.36. The number of H-pyrrole nitrogens is 1. The lowest BCUT2D eigenvalue weighted by Gasteiger charge is -2.20. The van der Waals surface area contributed by atoms with Gasteiger partial charge in [0.2, 0.25) is 0 Å². The van der Waals surface area contributed by atoms with Crippen LogP contribution in [0.25, 0.3) is 10.6 Å². The van der Waals surface area contributed by atoms with Gasteiger partial charge in [0.15, 0.2) is 5.69 Å². The lowest BCUT2D eigenvalue weighted by molar-refractivity contribution is 0.0939. The molecule has 8 heteroatoms. The van der Waals surface area contributed by atoms with Crippen LogP contribution in [0.4, 0.5) is 4.79 Å². The van der Waals surface area contributed by atoms with E-state index in [1.54, 1.807) is 24.3 Å². The first kappa shape index (κ1) is 19.0. The molecule has 2 aromatic heterocycles. The zero-order valence-corrected chi connectivity index (χ0v) is 15.5. The highest BCUT2D eigenvalue weighted by atomic mass is 32.1. The summed E-state index contributed by atoms with van der Waals surface area (Å²) >= 11 is 1.57. The fourth-order valence-electron chi connectivity index (χ4n) is 2.40. The van der Waals surface area contributed by atoms with Crippen LogP contribution in [0.15, 0.2) is 23.6 Å². The number of aromatic amines is 1. The van der Waals surface area contributed by atoms with E-state index in [-0.39, 0.29) is 11.9 Å². The number of rotatable bonds is 8. The Balaban J connectivity index is 1.92. The summed E-state index contributed by atoms with van der Waals surface area (Å²) in [5.74, 6) is 0.0955. The Morgan fingerprint density at radius 3 is 2.84 bits per heavy atom. The Hall–Kier alpha value is -2.35. The van der Waals surface area contributed by atoms with Crippen LogP contribution in [-0.2, 0) is 4.74 Å². The molecule has 25 heavy (non-hydrogen) atoms. The van der Waals surface area contributed by atoms with E-state index in [0.717, 1.165) is 17.0 Å². The van der Waals surface area contributed by atoms with Crippen LogP contribution in [-0.4, -0.2) is 41.4 Å². The molecule has 2 amide bonds. The van der Waals surface area contributed by atoms with E-state index in [1.165, 1.54) is 0 Å². The summed E-state index contributed by atoms with van der Waals surface area (Å²) in [6.07, 6.45) is 0.266. The highest BCUT2D eigenvalue weighted by Gasteiger charge is 2.18. The van der Waals surface area contributed by atoms with Crippen LogP contribution in [0.3, 0.4) is 0 Å². The summed E-state index contributed by atoms with van der Waals surface area (Å²) in [6, 6.07) is 5.43. The number of ether oxygens (including phenoxy) is 1. The Kier molecular flexibility index (Phi) is 7.00. The minimum atomic E-state index is -0.470. The van der Waals surface area contributed by atoms with Crippen molar-refractivity contribution >= 4 is 23.3 Å². The SMILES string of the molecule is CCOC(=O)NC(CNC(=O)c1cc(-c2cccs2)[nH]n1)CC(C)C. The van der Waals surface area contributed by atoms with Crippen LogP contribution < -0.4 is 10.6 Å². The molecular formula is C17H24N4O3S. The van der Waals surface area contributed by atoms with Crippen molar-refractivity contribution in [1.29, 1.82) is 0 Å². The van der Waals surface area contributed by atoms with E-state index in [0.29, 0.717) is 24.8 Å². The van der Waals surface area contributed by atoms with Gasteiger partial charge in [-0.05, 0) is 36.8 Å². The number of alkyl carbamates (subject to hydrolysis) is 1. The molecule has 7 nitrogen and oxygen atoms in total. The molecule has 0 aromatic carbocycles. The van der Waals surface area contributed by atoms with E-state index < -0.39 is 6.09 Å². The van der Waals surface area contributed by atoms with Crippen molar-refractivity contribution < 1.29 is 14.3 Å². The second kappa shape index (κ2) is 9.22. The maximum absolute atomic E-state index is 12.3. The highest BCUT2D eigenvalue weighted by Crippen LogP contribution is 2.22. The lowest BCUT2D eigenvalue weighted by atomic mass is 10.0. The Morgan fingerprint density at radius 2 is 2.20 bits per heavy atom. The average molecular weight is 364 g/mol. The van der Waals surface area contributed by atoms with E-state index in [9.17, 15) is 9.59 Å². The van der Waals surface area contributed by atoms with Crippen molar-refractivity contribution in [3.05, 3.63) is 29.3 Å². The molecule has 0 saturated heterocycles. The number of nitrogens with zero attached hydrogens (tertiary/aromatic N) is 1. The Bertz CT molecular complexity index is 682. The number of hydrogen-bond acceptors (Lipinski definition) is 5. The molecule has 0 aliphatic carbocycles. The number of amides is 2. The van der Waals surface area contributed by atoms with Gasteiger partial charge >= 0.3 is 6.09 Å². The van der Waals surface area contributed by atoms with Crippen LogP contribution in [0.1, 0.15) is 37.7 Å². The molecule has 2 rings (SSSR count). The van der Waals surface area contributed by atoms with Gasteiger partial charge in [0, 0.05) is 12.6 Å².